The summed E-state index contributed by atoms with van der Waals surface area (Å²) in [4.78, 5) is 0. The number of rotatable bonds is 9. The largest absolute Gasteiger partial charge is 0.389 e. The number of hydrogen-bond acceptors (Lipinski definition) is 4. The average Bonchev–Trinajstić information content (AvgIpc) is 2.37. The summed E-state index contributed by atoms with van der Waals surface area (Å²) < 4.78 is 11.5. The summed E-state index contributed by atoms with van der Waals surface area (Å²) in [6.45, 7) is 5.66. The second kappa shape index (κ2) is 9.58. The van der Waals surface area contributed by atoms with Crippen LogP contribution in [0.25, 0.3) is 0 Å². The predicted molar refractivity (Wildman–Crippen MR) is 85.6 cm³/mol. The van der Waals surface area contributed by atoms with Gasteiger partial charge >= 0.3 is 0 Å². The monoisotopic (exact) mass is 365 g/mol. The first-order valence-corrected chi connectivity index (χ1v) is 7.72. The van der Waals surface area contributed by atoms with E-state index in [0.717, 1.165) is 10.2 Å². The Balaban J connectivity index is 2.18. The number of benzene rings is 1. The highest BCUT2D eigenvalue weighted by Crippen LogP contribution is 2.25. The van der Waals surface area contributed by atoms with Crippen LogP contribution in [0.1, 0.15) is 13.8 Å². The highest BCUT2D eigenvalue weighted by Gasteiger charge is 2.06. The standard InChI is InChI=1S/C14H21BrClNO3/c1-10(2)20-6-5-19-9-12(18)8-17-14-4-3-11(16)7-13(14)15/h3-4,7,10,12,17-18H,5-6,8-9H2,1-2H3. The van der Waals surface area contributed by atoms with E-state index in [9.17, 15) is 5.11 Å². The van der Waals surface area contributed by atoms with Crippen LogP contribution in [0.5, 0.6) is 0 Å². The van der Waals surface area contributed by atoms with Crippen molar-refractivity contribution in [3.63, 3.8) is 0 Å². The van der Waals surface area contributed by atoms with E-state index in [0.29, 0.717) is 24.8 Å². The Morgan fingerprint density at radius 3 is 2.75 bits per heavy atom. The molecule has 0 aliphatic carbocycles. The van der Waals surface area contributed by atoms with Crippen molar-refractivity contribution in [2.45, 2.75) is 26.1 Å². The van der Waals surface area contributed by atoms with Crippen molar-refractivity contribution >= 4 is 33.2 Å². The fourth-order valence-corrected chi connectivity index (χ4v) is 2.30. The van der Waals surface area contributed by atoms with E-state index < -0.39 is 6.10 Å². The maximum Gasteiger partial charge on any atom is 0.0945 e. The maximum atomic E-state index is 9.79. The predicted octanol–water partition coefficient (Wildman–Crippen LogP) is 3.32. The van der Waals surface area contributed by atoms with Crippen molar-refractivity contribution in [3.05, 3.63) is 27.7 Å². The van der Waals surface area contributed by atoms with Crippen LogP contribution in [-0.2, 0) is 9.47 Å². The molecular weight excluding hydrogens is 346 g/mol. The van der Waals surface area contributed by atoms with Gasteiger partial charge in [0.25, 0.3) is 0 Å². The van der Waals surface area contributed by atoms with Gasteiger partial charge in [-0.15, -0.1) is 0 Å². The quantitative estimate of drug-likeness (QED) is 0.658. The zero-order valence-electron chi connectivity index (χ0n) is 11.7. The molecule has 0 saturated carbocycles. The van der Waals surface area contributed by atoms with Gasteiger partial charge in [0, 0.05) is 21.7 Å². The molecule has 0 amide bonds. The number of halogens is 2. The molecule has 1 aromatic carbocycles. The van der Waals surface area contributed by atoms with E-state index in [4.69, 9.17) is 21.1 Å². The molecule has 0 aliphatic rings. The van der Waals surface area contributed by atoms with Crippen LogP contribution in [-0.4, -0.2) is 43.7 Å². The van der Waals surface area contributed by atoms with Crippen molar-refractivity contribution in [3.8, 4) is 0 Å². The van der Waals surface area contributed by atoms with Crippen LogP contribution >= 0.6 is 27.5 Å². The Labute approximate surface area is 133 Å². The number of hydrogen-bond donors (Lipinski definition) is 2. The molecule has 6 heteroatoms. The Bertz CT molecular complexity index is 404. The molecule has 0 aliphatic heterocycles. The Morgan fingerprint density at radius 1 is 1.35 bits per heavy atom. The van der Waals surface area contributed by atoms with Gasteiger partial charge in [-0.2, -0.15) is 0 Å². The Hall–Kier alpha value is -0.330. The molecule has 1 aromatic rings. The first-order valence-electron chi connectivity index (χ1n) is 6.55. The van der Waals surface area contributed by atoms with Crippen molar-refractivity contribution in [2.75, 3.05) is 31.7 Å². The van der Waals surface area contributed by atoms with Crippen LogP contribution < -0.4 is 5.32 Å². The van der Waals surface area contributed by atoms with E-state index in [1.165, 1.54) is 0 Å². The van der Waals surface area contributed by atoms with E-state index >= 15 is 0 Å². The number of ether oxygens (including phenoxy) is 2. The summed E-state index contributed by atoms with van der Waals surface area (Å²) in [6.07, 6.45) is -0.371. The molecule has 1 unspecified atom stereocenters. The lowest BCUT2D eigenvalue weighted by Crippen LogP contribution is -2.26. The normalized spacial score (nSPS) is 12.7. The Morgan fingerprint density at radius 2 is 2.10 bits per heavy atom. The smallest absolute Gasteiger partial charge is 0.0945 e. The van der Waals surface area contributed by atoms with E-state index in [1.54, 1.807) is 12.1 Å². The lowest BCUT2D eigenvalue weighted by molar-refractivity contribution is -0.00734. The van der Waals surface area contributed by atoms with Crippen molar-refractivity contribution < 1.29 is 14.6 Å². The molecule has 1 atom stereocenters. The minimum atomic E-state index is -0.573. The van der Waals surface area contributed by atoms with Crippen LogP contribution in [0, 0.1) is 0 Å². The Kier molecular flexibility index (Phi) is 8.49. The SMILES string of the molecule is CC(C)OCCOCC(O)CNc1ccc(Cl)cc1Br. The fraction of sp³-hybridized carbons (Fsp3) is 0.571. The zero-order valence-corrected chi connectivity index (χ0v) is 14.1. The van der Waals surface area contributed by atoms with E-state index in [-0.39, 0.29) is 12.7 Å². The molecule has 0 aromatic heterocycles. The molecule has 20 heavy (non-hydrogen) atoms. The minimum Gasteiger partial charge on any atom is -0.389 e. The fourth-order valence-electron chi connectivity index (χ4n) is 1.48. The molecule has 0 radical (unpaired) electrons. The summed E-state index contributed by atoms with van der Waals surface area (Å²) in [5, 5.41) is 13.6. The molecule has 1 rings (SSSR count). The minimum absolute atomic E-state index is 0.201. The summed E-state index contributed by atoms with van der Waals surface area (Å²) in [5.41, 5.74) is 0.886. The van der Waals surface area contributed by atoms with Crippen LogP contribution in [0.15, 0.2) is 22.7 Å². The van der Waals surface area contributed by atoms with Crippen molar-refractivity contribution in [1.82, 2.24) is 0 Å². The highest BCUT2D eigenvalue weighted by atomic mass is 79.9. The summed E-state index contributed by atoms with van der Waals surface area (Å²) in [7, 11) is 0. The van der Waals surface area contributed by atoms with E-state index in [1.807, 2.05) is 19.9 Å². The summed E-state index contributed by atoms with van der Waals surface area (Å²) in [5.74, 6) is 0. The number of anilines is 1. The first kappa shape index (κ1) is 17.7. The lowest BCUT2D eigenvalue weighted by atomic mass is 10.3. The molecule has 114 valence electrons. The first-order chi connectivity index (χ1) is 9.49. The van der Waals surface area contributed by atoms with Gasteiger partial charge in [-0.1, -0.05) is 11.6 Å². The van der Waals surface area contributed by atoms with Gasteiger partial charge in [0.1, 0.15) is 0 Å². The number of nitrogens with one attached hydrogen (secondary N) is 1. The maximum absolute atomic E-state index is 9.79. The second-order valence-corrected chi connectivity index (χ2v) is 5.94. The molecule has 0 bridgehead atoms. The molecule has 4 nitrogen and oxygen atoms in total. The van der Waals surface area contributed by atoms with Crippen LogP contribution in [0.2, 0.25) is 5.02 Å². The highest BCUT2D eigenvalue weighted by molar-refractivity contribution is 9.10. The van der Waals surface area contributed by atoms with Gasteiger partial charge in [-0.3, -0.25) is 0 Å². The molecule has 0 saturated heterocycles. The average molecular weight is 367 g/mol. The van der Waals surface area contributed by atoms with Crippen LogP contribution in [0.4, 0.5) is 5.69 Å². The second-order valence-electron chi connectivity index (χ2n) is 4.65. The third kappa shape index (κ3) is 7.45. The van der Waals surface area contributed by atoms with Gasteiger partial charge in [-0.25, -0.2) is 0 Å². The lowest BCUT2D eigenvalue weighted by Gasteiger charge is -2.14. The summed E-state index contributed by atoms with van der Waals surface area (Å²) in [6, 6.07) is 5.45. The van der Waals surface area contributed by atoms with Gasteiger partial charge < -0.3 is 19.9 Å². The van der Waals surface area contributed by atoms with Gasteiger partial charge in [-0.05, 0) is 48.0 Å². The van der Waals surface area contributed by atoms with Gasteiger partial charge in [0.2, 0.25) is 0 Å². The third-order valence-corrected chi connectivity index (χ3v) is 3.34. The molecule has 0 spiro atoms. The topological polar surface area (TPSA) is 50.7 Å². The molecular formula is C14H21BrClNO3. The van der Waals surface area contributed by atoms with Gasteiger partial charge in [0.15, 0.2) is 0 Å². The van der Waals surface area contributed by atoms with Crippen molar-refractivity contribution in [2.24, 2.45) is 0 Å². The summed E-state index contributed by atoms with van der Waals surface area (Å²) >= 11 is 9.27. The van der Waals surface area contributed by atoms with E-state index in [2.05, 4.69) is 21.2 Å². The number of aliphatic hydroxyl groups excluding tert-OH is 1. The number of aliphatic hydroxyl groups is 1. The third-order valence-electron chi connectivity index (χ3n) is 2.45. The van der Waals surface area contributed by atoms with Gasteiger partial charge in [0.05, 0.1) is 32.0 Å². The molecule has 0 heterocycles. The molecule has 2 N–H and O–H groups in total. The van der Waals surface area contributed by atoms with Crippen molar-refractivity contribution in [1.29, 1.82) is 0 Å². The van der Waals surface area contributed by atoms with Crippen LogP contribution in [0.3, 0.4) is 0 Å². The zero-order chi connectivity index (χ0) is 15.0. The molecule has 0 fully saturated rings.